The van der Waals surface area contributed by atoms with Crippen molar-refractivity contribution in [2.45, 2.75) is 87.8 Å². The minimum atomic E-state index is -0.718. The molecule has 4 N–H and O–H groups in total. The van der Waals surface area contributed by atoms with Gasteiger partial charge < -0.3 is 63.6 Å². The lowest BCUT2D eigenvalue weighted by Crippen LogP contribution is -2.39. The van der Waals surface area contributed by atoms with Crippen molar-refractivity contribution >= 4 is 88.0 Å². The van der Waals surface area contributed by atoms with E-state index in [1.807, 2.05) is 97.1 Å². The van der Waals surface area contributed by atoms with Crippen LogP contribution in [0.5, 0.6) is 0 Å². The topological polar surface area (TPSA) is 248 Å². The highest BCUT2D eigenvalue weighted by atomic mass is 35.5. The Bertz CT molecular complexity index is 5100. The molecular formula is C88H96ClN9O13. The average Bonchev–Trinajstić information content (AvgIpc) is 0.954. The fourth-order valence-electron chi connectivity index (χ4n) is 16.0. The van der Waals surface area contributed by atoms with Crippen LogP contribution >= 0.6 is 11.6 Å². The van der Waals surface area contributed by atoms with Gasteiger partial charge in [-0.05, 0) is 156 Å². The Morgan fingerprint density at radius 3 is 0.955 bits per heavy atom. The van der Waals surface area contributed by atoms with Crippen molar-refractivity contribution in [1.29, 1.82) is 0 Å². The monoisotopic (exact) mass is 1520 g/mol. The van der Waals surface area contributed by atoms with Crippen molar-refractivity contribution in [3.8, 4) is 0 Å². The predicted octanol–water partition coefficient (Wildman–Crippen LogP) is 11.1. The van der Waals surface area contributed by atoms with E-state index in [1.54, 1.807) is 32.7 Å². The molecule has 7 aliphatic heterocycles. The number of morpholine rings is 3. The van der Waals surface area contributed by atoms with Crippen LogP contribution in [0.2, 0.25) is 5.02 Å². The first-order valence-corrected chi connectivity index (χ1v) is 39.3. The first-order chi connectivity index (χ1) is 54.5. The molecule has 0 radical (unpaired) electrons. The van der Waals surface area contributed by atoms with E-state index in [0.29, 0.717) is 96.1 Å². The van der Waals surface area contributed by atoms with Crippen LogP contribution in [0, 0.1) is 0 Å². The van der Waals surface area contributed by atoms with Gasteiger partial charge in [0.05, 0.1) is 148 Å². The molecule has 3 aromatic heterocycles. The molecule has 9 aromatic carbocycles. The van der Waals surface area contributed by atoms with Crippen LogP contribution in [0.3, 0.4) is 0 Å². The van der Waals surface area contributed by atoms with Crippen LogP contribution in [-0.2, 0) is 52.4 Å². The Morgan fingerprint density at radius 2 is 0.667 bits per heavy atom. The van der Waals surface area contributed by atoms with Gasteiger partial charge in [-0.1, -0.05) is 121 Å². The second-order valence-corrected chi connectivity index (χ2v) is 29.6. The second-order valence-electron chi connectivity index (χ2n) is 29.2. The number of aliphatic hydroxyl groups is 3. The standard InChI is InChI=1S/2C28H29N3O4.C24H21ClN2O3.C4H9NO.C4H8O/c2*32-26-17-35-12-9-25(26)31-18-29-27-23-4-2-1-3-22(23)20(16-24(27)28(31)33)15-19-5-7-21(8-6-19)30-10-13-34-14-11-30;25-17-7-5-15(6-8-17)11-16-12-20-23(19-4-2-1-3-18(16)19)26-14-27(24(20)29)21-9-10-30-13-22(21)28;1-3-6-4-2-5-1;1-2-4-5-3-1/h2*1-8,16,18,25-26,32H,9-15,17H2;1-8,12,14,21-22,28H,9-11,13H2;5H,1-4H2;1-4H2/t2*25-,26-;21-,22-;;/m000../s1. The zero-order chi connectivity index (χ0) is 76.0. The summed E-state index contributed by atoms with van der Waals surface area (Å²) in [6, 6.07) is 54.4. The lowest BCUT2D eigenvalue weighted by Gasteiger charge is -2.29. The van der Waals surface area contributed by atoms with E-state index in [4.69, 9.17) is 44.8 Å². The Labute approximate surface area is 648 Å². The van der Waals surface area contributed by atoms with Gasteiger partial charge in [-0.3, -0.25) is 28.1 Å². The lowest BCUT2D eigenvalue weighted by molar-refractivity contribution is -0.0395. The number of nitrogens with zero attached hydrogens (tertiary/aromatic N) is 8. The highest BCUT2D eigenvalue weighted by Gasteiger charge is 2.31. The molecular weight excluding hydrogens is 1430 g/mol. The maximum Gasteiger partial charge on any atom is 0.261 e. The molecule has 0 saturated carbocycles. The molecule has 0 spiro atoms. The number of aromatic nitrogens is 6. The lowest BCUT2D eigenvalue weighted by atomic mass is 9.95. The molecule has 10 heterocycles. The summed E-state index contributed by atoms with van der Waals surface area (Å²) in [7, 11) is 0. The van der Waals surface area contributed by atoms with Gasteiger partial charge in [0.1, 0.15) is 0 Å². The summed E-state index contributed by atoms with van der Waals surface area (Å²) < 4.78 is 41.7. The minimum absolute atomic E-state index is 0.115. The number of aliphatic hydroxyl groups excluding tert-OH is 3. The number of fused-ring (bicyclic) bond motifs is 9. The summed E-state index contributed by atoms with van der Waals surface area (Å²) >= 11 is 6.03. The van der Waals surface area contributed by atoms with Gasteiger partial charge in [-0.2, -0.15) is 0 Å². The van der Waals surface area contributed by atoms with Crippen molar-refractivity contribution < 1.29 is 48.5 Å². The normalized spacial score (nSPS) is 20.9. The number of hydrogen-bond acceptors (Lipinski definition) is 19. The third kappa shape index (κ3) is 18.1. The van der Waals surface area contributed by atoms with Gasteiger partial charge in [0, 0.05) is 105 Å². The van der Waals surface area contributed by atoms with E-state index in [0.717, 1.165) is 147 Å². The first kappa shape index (κ1) is 77.0. The Kier molecular flexibility index (Phi) is 25.6. The summed E-state index contributed by atoms with van der Waals surface area (Å²) in [5.41, 5.74) is 10.9. The fourth-order valence-corrected chi connectivity index (χ4v) is 16.1. The van der Waals surface area contributed by atoms with Crippen LogP contribution < -0.4 is 31.8 Å². The smallest absolute Gasteiger partial charge is 0.261 e. The molecule has 7 fully saturated rings. The highest BCUT2D eigenvalue weighted by molar-refractivity contribution is 6.30. The molecule has 23 heteroatoms. The van der Waals surface area contributed by atoms with Gasteiger partial charge in [0.15, 0.2) is 0 Å². The maximum absolute atomic E-state index is 13.6. The third-order valence-electron chi connectivity index (χ3n) is 22.0. The van der Waals surface area contributed by atoms with Crippen LogP contribution in [0.1, 0.15) is 83.6 Å². The zero-order valence-electron chi connectivity index (χ0n) is 62.5. The number of anilines is 2. The number of benzene rings is 9. The van der Waals surface area contributed by atoms with Crippen LogP contribution in [0.4, 0.5) is 11.4 Å². The van der Waals surface area contributed by atoms with Crippen molar-refractivity contribution in [2.24, 2.45) is 0 Å². The number of halogens is 1. The number of ether oxygens (including phenoxy) is 7. The SMILES string of the molecule is C1CCOC1.C1COCCN1.O=c1c2cc(Cc3ccc(Cl)cc3)c3ccccc3c2ncn1[C@H]1CCOC[C@@H]1O.O=c1c2cc(Cc3ccc(N4CCOCC4)cc3)c3ccccc3c2ncn1[C@H]1CCOC[C@@H]1O.O=c1c2cc(Cc3ccc(N4CCOCC4)cc3)c3ccccc3c2ncn1[C@H]1CCOC[C@@H]1O. The van der Waals surface area contributed by atoms with E-state index in [9.17, 15) is 29.7 Å². The summed E-state index contributed by atoms with van der Waals surface area (Å²) in [5, 5.41) is 43.0. The molecule has 0 amide bonds. The van der Waals surface area contributed by atoms with Gasteiger partial charge in [0.2, 0.25) is 0 Å². The second kappa shape index (κ2) is 36.9. The average molecular weight is 1520 g/mol. The Hall–Kier alpha value is -9.37. The van der Waals surface area contributed by atoms with Crippen LogP contribution in [-0.4, -0.2) is 194 Å². The molecule has 0 bridgehead atoms. The minimum Gasteiger partial charge on any atom is -0.389 e. The summed E-state index contributed by atoms with van der Waals surface area (Å²) in [6.45, 7) is 14.8. The quantitative estimate of drug-likeness (QED) is 0.0879. The molecule has 6 atom stereocenters. The van der Waals surface area contributed by atoms with E-state index < -0.39 is 18.3 Å². The van der Waals surface area contributed by atoms with Crippen molar-refractivity contribution in [3.05, 3.63) is 252 Å². The van der Waals surface area contributed by atoms with Crippen molar-refractivity contribution in [2.75, 3.05) is 142 Å². The van der Waals surface area contributed by atoms with E-state index in [1.165, 1.54) is 35.3 Å². The fraction of sp³-hybridized carbons (Fsp3) is 0.386. The number of hydrogen-bond donors (Lipinski definition) is 4. The van der Waals surface area contributed by atoms with E-state index in [-0.39, 0.29) is 54.6 Å². The molecule has 12 aromatic rings. The van der Waals surface area contributed by atoms with E-state index in [2.05, 4.69) is 96.8 Å². The largest absolute Gasteiger partial charge is 0.389 e. The molecule has 7 aliphatic rings. The summed E-state index contributed by atoms with van der Waals surface area (Å²) in [6.07, 6.45) is 9.01. The maximum atomic E-state index is 13.6. The highest BCUT2D eigenvalue weighted by Crippen LogP contribution is 2.34. The number of nitrogens with one attached hydrogen (secondary N) is 1. The van der Waals surface area contributed by atoms with Crippen molar-refractivity contribution in [3.63, 3.8) is 0 Å². The predicted molar refractivity (Wildman–Crippen MR) is 435 cm³/mol. The summed E-state index contributed by atoms with van der Waals surface area (Å²) in [5.74, 6) is 0. The summed E-state index contributed by atoms with van der Waals surface area (Å²) in [4.78, 5) is 59.3. The van der Waals surface area contributed by atoms with Crippen LogP contribution in [0.25, 0.3) is 65.0 Å². The Morgan fingerprint density at radius 1 is 0.360 bits per heavy atom. The molecule has 111 heavy (non-hydrogen) atoms. The van der Waals surface area contributed by atoms with Gasteiger partial charge in [-0.15, -0.1) is 0 Å². The van der Waals surface area contributed by atoms with Gasteiger partial charge >= 0.3 is 0 Å². The number of rotatable bonds is 11. The first-order valence-electron chi connectivity index (χ1n) is 39.0. The van der Waals surface area contributed by atoms with Crippen LogP contribution in [0.15, 0.2) is 197 Å². The third-order valence-corrected chi connectivity index (χ3v) is 22.2. The molecule has 22 nitrogen and oxygen atoms in total. The Balaban J connectivity index is 0.000000123. The van der Waals surface area contributed by atoms with Crippen molar-refractivity contribution in [1.82, 2.24) is 34.0 Å². The van der Waals surface area contributed by atoms with Gasteiger partial charge in [0.25, 0.3) is 16.7 Å². The molecule has 7 saturated heterocycles. The zero-order valence-corrected chi connectivity index (χ0v) is 63.2. The molecule has 578 valence electrons. The molecule has 0 unspecified atom stereocenters. The van der Waals surface area contributed by atoms with Gasteiger partial charge in [-0.25, -0.2) is 15.0 Å². The molecule has 19 rings (SSSR count). The van der Waals surface area contributed by atoms with E-state index >= 15 is 0 Å². The molecule has 0 aliphatic carbocycles.